The zero-order valence-electron chi connectivity index (χ0n) is 10.6. The van der Waals surface area contributed by atoms with Gasteiger partial charge in [0.1, 0.15) is 6.20 Å². The summed E-state index contributed by atoms with van der Waals surface area (Å²) in [7, 11) is 1.48. The molecular weight excluding hydrogens is 255 g/mol. The summed E-state index contributed by atoms with van der Waals surface area (Å²) in [6.07, 6.45) is 0.788. The van der Waals surface area contributed by atoms with Crippen molar-refractivity contribution in [2.24, 2.45) is 12.8 Å². The summed E-state index contributed by atoms with van der Waals surface area (Å²) in [5.41, 5.74) is 3.48. The molecule has 0 radical (unpaired) electrons. The number of aromatic nitrogens is 2. The normalized spacial score (nSPS) is 32.0. The minimum Gasteiger partial charge on any atom is -0.392 e. The van der Waals surface area contributed by atoms with Crippen molar-refractivity contribution in [3.05, 3.63) is 22.0 Å². The highest BCUT2D eigenvalue weighted by Gasteiger charge is 2.44. The molecular formula is C11H17FN4O3. The van der Waals surface area contributed by atoms with E-state index in [0.29, 0.717) is 0 Å². The predicted molar refractivity (Wildman–Crippen MR) is 65.1 cm³/mol. The van der Waals surface area contributed by atoms with Crippen molar-refractivity contribution >= 4 is 5.69 Å². The third kappa shape index (κ3) is 2.45. The van der Waals surface area contributed by atoms with E-state index in [4.69, 9.17) is 5.73 Å². The number of alkyl halides is 1. The van der Waals surface area contributed by atoms with E-state index in [1.807, 2.05) is 0 Å². The van der Waals surface area contributed by atoms with Crippen molar-refractivity contribution in [2.75, 3.05) is 0 Å². The van der Waals surface area contributed by atoms with Crippen LogP contribution < -0.4 is 5.73 Å². The van der Waals surface area contributed by atoms with Gasteiger partial charge in [-0.1, -0.05) is 0 Å². The Labute approximate surface area is 109 Å². The average Bonchev–Trinajstić information content (AvgIpc) is 2.70. The lowest BCUT2D eigenvalue weighted by Gasteiger charge is -2.23. The fraction of sp³-hybridized carbons (Fsp3) is 0.727. The second-order valence-corrected chi connectivity index (χ2v) is 5.03. The molecule has 1 unspecified atom stereocenters. The van der Waals surface area contributed by atoms with E-state index in [0.717, 1.165) is 6.20 Å². The van der Waals surface area contributed by atoms with Crippen LogP contribution in [0.15, 0.2) is 6.20 Å². The summed E-state index contributed by atoms with van der Waals surface area (Å²) >= 11 is 0. The SMILES string of the molecule is Cn1ncc([N+](=O)[O-])c1C1(F)CC[C@@H](N)[C@H](O)CC1. The third-order valence-electron chi connectivity index (χ3n) is 3.75. The van der Waals surface area contributed by atoms with Gasteiger partial charge in [-0.3, -0.25) is 14.8 Å². The topological polar surface area (TPSA) is 107 Å². The Bertz CT molecular complexity index is 478. The Balaban J connectivity index is 2.39. The van der Waals surface area contributed by atoms with Crippen LogP contribution in [-0.4, -0.2) is 32.0 Å². The molecule has 1 aliphatic carbocycles. The predicted octanol–water partition coefficient (Wildman–Crippen LogP) is 0.755. The Morgan fingerprint density at radius 3 is 2.89 bits per heavy atom. The maximum Gasteiger partial charge on any atom is 0.313 e. The van der Waals surface area contributed by atoms with Gasteiger partial charge in [0, 0.05) is 13.1 Å². The first-order valence-corrected chi connectivity index (χ1v) is 6.14. The van der Waals surface area contributed by atoms with Crippen LogP contribution in [0.1, 0.15) is 31.4 Å². The van der Waals surface area contributed by atoms with Gasteiger partial charge in [-0.2, -0.15) is 5.10 Å². The Hall–Kier alpha value is -1.54. The van der Waals surface area contributed by atoms with E-state index < -0.39 is 22.7 Å². The Morgan fingerprint density at radius 2 is 2.26 bits per heavy atom. The van der Waals surface area contributed by atoms with E-state index in [2.05, 4.69) is 5.10 Å². The minimum atomic E-state index is -1.87. The first kappa shape index (κ1) is 13.9. The van der Waals surface area contributed by atoms with Gasteiger partial charge in [-0.15, -0.1) is 0 Å². The van der Waals surface area contributed by atoms with E-state index in [1.165, 1.54) is 11.7 Å². The van der Waals surface area contributed by atoms with Crippen LogP contribution in [0.5, 0.6) is 0 Å². The summed E-state index contributed by atoms with van der Waals surface area (Å²) in [6.45, 7) is 0. The molecule has 0 spiro atoms. The molecule has 8 heteroatoms. The standard InChI is InChI=1S/C11H17FN4O3/c1-15-10(8(6-14-15)16(18)19)11(12)4-2-7(13)9(17)3-5-11/h6-7,9,17H,2-5,13H2,1H3/t7-,9-,11?/m1/s1. The molecule has 0 aromatic carbocycles. The molecule has 3 atom stereocenters. The molecule has 7 nitrogen and oxygen atoms in total. The summed E-state index contributed by atoms with van der Waals surface area (Å²) in [6, 6.07) is -0.495. The molecule has 106 valence electrons. The van der Waals surface area contributed by atoms with Gasteiger partial charge in [0.25, 0.3) is 0 Å². The van der Waals surface area contributed by atoms with Gasteiger partial charge in [0.05, 0.1) is 11.0 Å². The molecule has 1 aromatic heterocycles. The average molecular weight is 272 g/mol. The van der Waals surface area contributed by atoms with Crippen molar-refractivity contribution in [2.45, 2.75) is 43.5 Å². The van der Waals surface area contributed by atoms with Gasteiger partial charge in [0.15, 0.2) is 11.4 Å². The number of rotatable bonds is 2. The van der Waals surface area contributed by atoms with Crippen molar-refractivity contribution < 1.29 is 14.4 Å². The smallest absolute Gasteiger partial charge is 0.313 e. The number of halogens is 1. The van der Waals surface area contributed by atoms with Gasteiger partial charge in [-0.05, 0) is 25.7 Å². The lowest BCUT2D eigenvalue weighted by atomic mass is 9.91. The maximum atomic E-state index is 15.1. The van der Waals surface area contributed by atoms with Crippen molar-refractivity contribution in [3.8, 4) is 0 Å². The summed E-state index contributed by atoms with van der Waals surface area (Å²) < 4.78 is 16.3. The second kappa shape index (κ2) is 4.86. The Kier molecular flexibility index (Phi) is 3.55. The van der Waals surface area contributed by atoms with Crippen LogP contribution >= 0.6 is 0 Å². The molecule has 19 heavy (non-hydrogen) atoms. The highest BCUT2D eigenvalue weighted by molar-refractivity contribution is 5.37. The monoisotopic (exact) mass is 272 g/mol. The van der Waals surface area contributed by atoms with E-state index in [1.54, 1.807) is 0 Å². The molecule has 0 bridgehead atoms. The van der Waals surface area contributed by atoms with Gasteiger partial charge in [-0.25, -0.2) is 4.39 Å². The second-order valence-electron chi connectivity index (χ2n) is 5.03. The molecule has 1 fully saturated rings. The van der Waals surface area contributed by atoms with Crippen LogP contribution in [0.4, 0.5) is 10.1 Å². The minimum absolute atomic E-state index is 0.00222. The van der Waals surface area contributed by atoms with Crippen LogP contribution in [-0.2, 0) is 12.7 Å². The number of nitro groups is 1. The van der Waals surface area contributed by atoms with Gasteiger partial charge < -0.3 is 10.8 Å². The van der Waals surface area contributed by atoms with Gasteiger partial charge >= 0.3 is 5.69 Å². The highest BCUT2D eigenvalue weighted by atomic mass is 19.1. The molecule has 2 rings (SSSR count). The summed E-state index contributed by atoms with van der Waals surface area (Å²) in [5.74, 6) is 0. The molecule has 0 aliphatic heterocycles. The van der Waals surface area contributed by atoms with Crippen molar-refractivity contribution in [1.29, 1.82) is 0 Å². The zero-order valence-corrected chi connectivity index (χ0v) is 10.6. The number of hydrogen-bond acceptors (Lipinski definition) is 5. The summed E-state index contributed by atoms with van der Waals surface area (Å²) in [5, 5.41) is 24.4. The first-order valence-electron chi connectivity index (χ1n) is 6.14. The number of nitrogens with zero attached hydrogens (tertiary/aromatic N) is 3. The van der Waals surface area contributed by atoms with Crippen molar-refractivity contribution in [1.82, 2.24) is 9.78 Å². The first-order chi connectivity index (χ1) is 8.85. The highest BCUT2D eigenvalue weighted by Crippen LogP contribution is 2.42. The van der Waals surface area contributed by atoms with Crippen LogP contribution in [0.2, 0.25) is 0 Å². The Morgan fingerprint density at radius 1 is 1.63 bits per heavy atom. The third-order valence-corrected chi connectivity index (χ3v) is 3.75. The van der Waals surface area contributed by atoms with E-state index in [-0.39, 0.29) is 37.1 Å². The number of nitrogens with two attached hydrogens (primary N) is 1. The lowest BCUT2D eigenvalue weighted by molar-refractivity contribution is -0.386. The van der Waals surface area contributed by atoms with Crippen molar-refractivity contribution in [3.63, 3.8) is 0 Å². The maximum absolute atomic E-state index is 15.1. The number of hydrogen-bond donors (Lipinski definition) is 2. The van der Waals surface area contributed by atoms with E-state index >= 15 is 4.39 Å². The van der Waals surface area contributed by atoms with E-state index in [9.17, 15) is 15.2 Å². The largest absolute Gasteiger partial charge is 0.392 e. The number of aryl methyl sites for hydroxylation is 1. The molecule has 1 saturated carbocycles. The van der Waals surface area contributed by atoms with Crippen LogP contribution in [0, 0.1) is 10.1 Å². The van der Waals surface area contributed by atoms with Crippen LogP contribution in [0.25, 0.3) is 0 Å². The molecule has 0 amide bonds. The fourth-order valence-corrected chi connectivity index (χ4v) is 2.62. The molecule has 3 N–H and O–H groups in total. The molecule has 1 heterocycles. The zero-order chi connectivity index (χ0) is 14.2. The molecule has 1 aliphatic rings. The molecule has 1 aromatic rings. The quantitative estimate of drug-likeness (QED) is 0.469. The number of aliphatic hydroxyl groups excluding tert-OH is 1. The lowest BCUT2D eigenvalue weighted by Crippen LogP contribution is -2.33. The number of aliphatic hydroxyl groups is 1. The molecule has 0 saturated heterocycles. The fourth-order valence-electron chi connectivity index (χ4n) is 2.62. The summed E-state index contributed by atoms with van der Waals surface area (Å²) in [4.78, 5) is 10.3. The van der Waals surface area contributed by atoms with Crippen LogP contribution in [0.3, 0.4) is 0 Å². The van der Waals surface area contributed by atoms with Gasteiger partial charge in [0.2, 0.25) is 0 Å².